The molecule has 0 aromatic heterocycles. The molecule has 0 spiro atoms. The lowest BCUT2D eigenvalue weighted by atomic mass is 9.74. The Balaban J connectivity index is 1.64. The predicted octanol–water partition coefficient (Wildman–Crippen LogP) is 5.36. The summed E-state index contributed by atoms with van der Waals surface area (Å²) in [5.41, 5.74) is 2.23. The fourth-order valence-electron chi connectivity index (χ4n) is 4.44. The molecule has 2 aliphatic carbocycles. The average Bonchev–Trinajstić information content (AvgIpc) is 2.52. The molecule has 0 bridgehead atoms. The first kappa shape index (κ1) is 16.6. The third kappa shape index (κ3) is 3.50. The molecule has 0 aliphatic heterocycles. The zero-order chi connectivity index (χ0) is 16.6. The van der Waals surface area contributed by atoms with Crippen LogP contribution < -0.4 is 0 Å². The van der Waals surface area contributed by atoms with E-state index in [1.807, 2.05) is 18.2 Å². The van der Waals surface area contributed by atoms with Gasteiger partial charge in [-0.25, -0.2) is 0 Å². The summed E-state index contributed by atoms with van der Waals surface area (Å²) >= 11 is 0. The van der Waals surface area contributed by atoms with Gasteiger partial charge in [0, 0.05) is 31.5 Å². The number of rotatable bonds is 3. The van der Waals surface area contributed by atoms with Crippen molar-refractivity contribution in [2.24, 2.45) is 11.8 Å². The van der Waals surface area contributed by atoms with Gasteiger partial charge in [0.1, 0.15) is 0 Å². The molecule has 3 heteroatoms. The summed E-state index contributed by atoms with van der Waals surface area (Å²) in [6.07, 6.45) is 6.47. The first-order valence-corrected chi connectivity index (χ1v) is 12.6. The fourth-order valence-corrected chi connectivity index (χ4v) is 6.51. The summed E-state index contributed by atoms with van der Waals surface area (Å²) in [6, 6.07) is 7.34. The smallest absolute Gasteiger partial charge is 0.167 e. The molecule has 1 fully saturated rings. The Morgan fingerprint density at radius 1 is 0.957 bits per heavy atom. The monoisotopic (exact) mass is 328 g/mol. The number of ketones is 2. The molecule has 3 rings (SSSR count). The van der Waals surface area contributed by atoms with Crippen LogP contribution in [-0.2, 0) is 0 Å². The number of carbonyl (C=O) groups excluding carboxylic acids is 2. The summed E-state index contributed by atoms with van der Waals surface area (Å²) in [5.74, 6) is 0.911. The SMILES string of the molecule is C[Si](C)(C)C1CCC(CC2CC(=O)c3ccccc3C2=O)CC1. The van der Waals surface area contributed by atoms with Crippen LogP contribution in [0.2, 0.25) is 25.2 Å². The molecule has 1 unspecified atom stereocenters. The minimum atomic E-state index is -1.03. The third-order valence-corrected chi connectivity index (χ3v) is 9.01. The summed E-state index contributed by atoms with van der Waals surface area (Å²) in [4.78, 5) is 25.0. The number of hydrogen-bond acceptors (Lipinski definition) is 2. The van der Waals surface area contributed by atoms with E-state index < -0.39 is 8.07 Å². The second kappa shape index (κ2) is 6.35. The highest BCUT2D eigenvalue weighted by Gasteiger charge is 2.36. The van der Waals surface area contributed by atoms with Gasteiger partial charge in [0.2, 0.25) is 0 Å². The van der Waals surface area contributed by atoms with Crippen LogP contribution in [-0.4, -0.2) is 19.6 Å². The van der Waals surface area contributed by atoms with Gasteiger partial charge in [0.25, 0.3) is 0 Å². The van der Waals surface area contributed by atoms with Crippen molar-refractivity contribution in [3.8, 4) is 0 Å². The Bertz CT molecular complexity index is 606. The normalized spacial score (nSPS) is 28.6. The van der Waals surface area contributed by atoms with E-state index in [-0.39, 0.29) is 17.5 Å². The van der Waals surface area contributed by atoms with Crippen LogP contribution in [0.15, 0.2) is 24.3 Å². The van der Waals surface area contributed by atoms with Crippen molar-refractivity contribution in [2.45, 2.75) is 63.7 Å². The van der Waals surface area contributed by atoms with E-state index in [0.29, 0.717) is 23.5 Å². The maximum Gasteiger partial charge on any atom is 0.167 e. The maximum atomic E-state index is 12.7. The van der Waals surface area contributed by atoms with Gasteiger partial charge in [-0.1, -0.05) is 69.6 Å². The lowest BCUT2D eigenvalue weighted by molar-refractivity contribution is 0.0795. The Kier molecular flexibility index (Phi) is 4.59. The van der Waals surface area contributed by atoms with Crippen LogP contribution in [0.3, 0.4) is 0 Å². The van der Waals surface area contributed by atoms with Gasteiger partial charge < -0.3 is 0 Å². The molecule has 0 amide bonds. The van der Waals surface area contributed by atoms with Gasteiger partial charge in [0.15, 0.2) is 11.6 Å². The molecule has 0 heterocycles. The zero-order valence-electron chi connectivity index (χ0n) is 14.6. The number of hydrogen-bond donors (Lipinski definition) is 0. The molecule has 0 saturated heterocycles. The highest BCUT2D eigenvalue weighted by Crippen LogP contribution is 2.42. The summed E-state index contributed by atoms with van der Waals surface area (Å²) < 4.78 is 0. The predicted molar refractivity (Wildman–Crippen MR) is 96.9 cm³/mol. The second-order valence-electron chi connectivity index (χ2n) is 8.55. The molecular formula is C20H28O2Si. The van der Waals surface area contributed by atoms with Crippen molar-refractivity contribution in [2.75, 3.05) is 0 Å². The van der Waals surface area contributed by atoms with E-state index >= 15 is 0 Å². The van der Waals surface area contributed by atoms with E-state index in [0.717, 1.165) is 12.0 Å². The van der Waals surface area contributed by atoms with Crippen molar-refractivity contribution in [1.82, 2.24) is 0 Å². The molecule has 124 valence electrons. The molecule has 1 saturated carbocycles. The van der Waals surface area contributed by atoms with E-state index in [2.05, 4.69) is 19.6 Å². The third-order valence-electron chi connectivity index (χ3n) is 5.98. The van der Waals surface area contributed by atoms with Gasteiger partial charge in [-0.15, -0.1) is 0 Å². The number of fused-ring (bicyclic) bond motifs is 1. The van der Waals surface area contributed by atoms with Gasteiger partial charge >= 0.3 is 0 Å². The van der Waals surface area contributed by atoms with Crippen LogP contribution in [0.4, 0.5) is 0 Å². The highest BCUT2D eigenvalue weighted by molar-refractivity contribution is 6.77. The lowest BCUT2D eigenvalue weighted by Crippen LogP contribution is -2.33. The van der Waals surface area contributed by atoms with E-state index in [9.17, 15) is 9.59 Å². The Morgan fingerprint density at radius 3 is 2.17 bits per heavy atom. The highest BCUT2D eigenvalue weighted by atomic mass is 28.3. The quantitative estimate of drug-likeness (QED) is 0.700. The molecule has 0 N–H and O–H groups in total. The Morgan fingerprint density at radius 2 is 1.57 bits per heavy atom. The molecule has 2 aliphatic rings. The number of benzene rings is 1. The second-order valence-corrected chi connectivity index (χ2v) is 14.1. The summed E-state index contributed by atoms with van der Waals surface area (Å²) in [6.45, 7) is 7.41. The number of carbonyl (C=O) groups is 2. The molecular weight excluding hydrogens is 300 g/mol. The molecule has 23 heavy (non-hydrogen) atoms. The topological polar surface area (TPSA) is 34.1 Å². The van der Waals surface area contributed by atoms with E-state index in [4.69, 9.17) is 0 Å². The number of Topliss-reactive ketones (excluding diaryl/α,β-unsaturated/α-hetero) is 2. The summed E-state index contributed by atoms with van der Waals surface area (Å²) in [5, 5.41) is 0. The first-order valence-electron chi connectivity index (χ1n) is 9.02. The van der Waals surface area contributed by atoms with Crippen molar-refractivity contribution in [1.29, 1.82) is 0 Å². The van der Waals surface area contributed by atoms with Gasteiger partial charge in [-0.3, -0.25) is 9.59 Å². The lowest BCUT2D eigenvalue weighted by Gasteiger charge is -2.37. The van der Waals surface area contributed by atoms with E-state index in [1.165, 1.54) is 25.7 Å². The van der Waals surface area contributed by atoms with Crippen molar-refractivity contribution < 1.29 is 9.59 Å². The van der Waals surface area contributed by atoms with Crippen LogP contribution in [0.25, 0.3) is 0 Å². The standard InChI is InChI=1S/C20H28O2Si/c1-23(2,3)16-10-8-14(9-11-16)12-15-13-19(21)17-6-4-5-7-18(17)20(15)22/h4-7,14-16H,8-13H2,1-3H3. The van der Waals surface area contributed by atoms with Gasteiger partial charge in [-0.2, -0.15) is 0 Å². The molecule has 0 radical (unpaired) electrons. The molecule has 1 aromatic carbocycles. The van der Waals surface area contributed by atoms with Gasteiger partial charge in [0.05, 0.1) is 0 Å². The van der Waals surface area contributed by atoms with E-state index in [1.54, 1.807) is 6.07 Å². The van der Waals surface area contributed by atoms with Crippen LogP contribution in [0.5, 0.6) is 0 Å². The van der Waals surface area contributed by atoms with Gasteiger partial charge in [-0.05, 0) is 17.9 Å². The Hall–Kier alpha value is -1.22. The Labute approximate surface area is 140 Å². The fraction of sp³-hybridized carbons (Fsp3) is 0.600. The minimum absolute atomic E-state index is 0.0779. The minimum Gasteiger partial charge on any atom is -0.294 e. The first-order chi connectivity index (χ1) is 10.9. The molecule has 1 aromatic rings. The van der Waals surface area contributed by atoms with Crippen molar-refractivity contribution in [3.63, 3.8) is 0 Å². The van der Waals surface area contributed by atoms with Crippen LogP contribution in [0, 0.1) is 11.8 Å². The largest absolute Gasteiger partial charge is 0.294 e. The molecule has 2 nitrogen and oxygen atoms in total. The zero-order valence-corrected chi connectivity index (χ0v) is 15.6. The van der Waals surface area contributed by atoms with Crippen molar-refractivity contribution >= 4 is 19.6 Å². The molecule has 1 atom stereocenters. The van der Waals surface area contributed by atoms with Crippen molar-refractivity contribution in [3.05, 3.63) is 35.4 Å². The summed E-state index contributed by atoms with van der Waals surface area (Å²) in [7, 11) is -1.03. The maximum absolute atomic E-state index is 12.7. The van der Waals surface area contributed by atoms with Crippen LogP contribution >= 0.6 is 0 Å². The average molecular weight is 329 g/mol. The van der Waals surface area contributed by atoms with Crippen LogP contribution in [0.1, 0.15) is 59.2 Å².